The first-order chi connectivity index (χ1) is 6.13. The van der Waals surface area contributed by atoms with Crippen LogP contribution in [0.15, 0.2) is 0 Å². The molecular weight excluding hydrogens is 186 g/mol. The van der Waals surface area contributed by atoms with Crippen molar-refractivity contribution in [3.05, 3.63) is 0 Å². The van der Waals surface area contributed by atoms with Crippen LogP contribution in [0.25, 0.3) is 0 Å². The molecule has 1 saturated heterocycles. The van der Waals surface area contributed by atoms with Gasteiger partial charge in [0, 0.05) is 41.4 Å². The first kappa shape index (κ1) is 11.1. The van der Waals surface area contributed by atoms with Gasteiger partial charge in [-0.1, -0.05) is 6.92 Å². The van der Waals surface area contributed by atoms with E-state index in [4.69, 9.17) is 0 Å². The Morgan fingerprint density at radius 1 is 1.69 bits per heavy atom. The first-order valence-electron chi connectivity index (χ1n) is 4.90. The van der Waals surface area contributed by atoms with Crippen LogP contribution in [0, 0.1) is 0 Å². The minimum atomic E-state index is -0.631. The highest BCUT2D eigenvalue weighted by Gasteiger charge is 2.23. The van der Waals surface area contributed by atoms with E-state index in [1.54, 1.807) is 0 Å². The molecule has 0 aromatic rings. The average molecular weight is 205 g/mol. The van der Waals surface area contributed by atoms with Crippen molar-refractivity contribution in [1.82, 2.24) is 4.90 Å². The maximum atomic E-state index is 11.2. The fourth-order valence-corrected chi connectivity index (χ4v) is 2.92. The lowest BCUT2D eigenvalue weighted by Gasteiger charge is -2.33. The Kier molecular flexibility index (Phi) is 4.35. The van der Waals surface area contributed by atoms with Gasteiger partial charge in [-0.2, -0.15) is 0 Å². The molecule has 1 aliphatic rings. The summed E-state index contributed by atoms with van der Waals surface area (Å²) in [5.74, 6) is 1.53. The second kappa shape index (κ2) is 5.08. The molecule has 0 aromatic heterocycles. The highest BCUT2D eigenvalue weighted by Crippen LogP contribution is 2.09. The SMILES string of the molecule is CC[C@@H](O)CN1CCS(=O)CC1C. The van der Waals surface area contributed by atoms with Gasteiger partial charge in [0.15, 0.2) is 0 Å². The van der Waals surface area contributed by atoms with E-state index < -0.39 is 10.8 Å². The molecule has 0 saturated carbocycles. The fraction of sp³-hybridized carbons (Fsp3) is 1.00. The van der Waals surface area contributed by atoms with E-state index in [0.29, 0.717) is 6.04 Å². The van der Waals surface area contributed by atoms with Gasteiger partial charge in [0.1, 0.15) is 0 Å². The Bertz CT molecular complexity index is 186. The molecule has 0 aromatic carbocycles. The van der Waals surface area contributed by atoms with Crippen molar-refractivity contribution in [2.75, 3.05) is 24.6 Å². The molecule has 3 atom stereocenters. The zero-order valence-corrected chi connectivity index (χ0v) is 9.22. The second-order valence-electron chi connectivity index (χ2n) is 3.72. The third kappa shape index (κ3) is 3.37. The van der Waals surface area contributed by atoms with Crippen LogP contribution in [-0.2, 0) is 10.8 Å². The number of hydrogen-bond donors (Lipinski definition) is 1. The van der Waals surface area contributed by atoms with Gasteiger partial charge in [0.25, 0.3) is 0 Å². The van der Waals surface area contributed by atoms with Crippen molar-refractivity contribution in [2.45, 2.75) is 32.4 Å². The van der Waals surface area contributed by atoms with E-state index in [0.717, 1.165) is 31.0 Å². The predicted octanol–water partition coefficient (Wildman–Crippen LogP) is 0.210. The van der Waals surface area contributed by atoms with Crippen molar-refractivity contribution in [2.24, 2.45) is 0 Å². The monoisotopic (exact) mass is 205 g/mol. The quantitative estimate of drug-likeness (QED) is 0.716. The molecule has 0 radical (unpaired) electrons. The van der Waals surface area contributed by atoms with Crippen LogP contribution < -0.4 is 0 Å². The van der Waals surface area contributed by atoms with Crippen molar-refractivity contribution in [1.29, 1.82) is 0 Å². The third-order valence-electron chi connectivity index (χ3n) is 2.57. The van der Waals surface area contributed by atoms with Gasteiger partial charge in [-0.05, 0) is 13.3 Å². The molecule has 0 amide bonds. The molecule has 1 rings (SSSR count). The van der Waals surface area contributed by atoms with Crippen molar-refractivity contribution < 1.29 is 9.32 Å². The maximum Gasteiger partial charge on any atom is 0.0664 e. The molecule has 0 spiro atoms. The summed E-state index contributed by atoms with van der Waals surface area (Å²) in [5.41, 5.74) is 0. The molecule has 0 aliphatic carbocycles. The van der Waals surface area contributed by atoms with E-state index >= 15 is 0 Å². The summed E-state index contributed by atoms with van der Waals surface area (Å²) in [4.78, 5) is 2.23. The van der Waals surface area contributed by atoms with Crippen LogP contribution in [0.4, 0.5) is 0 Å². The molecule has 78 valence electrons. The first-order valence-corrected chi connectivity index (χ1v) is 6.39. The average Bonchev–Trinajstić information content (AvgIpc) is 2.09. The lowest BCUT2D eigenvalue weighted by molar-refractivity contribution is 0.0952. The Morgan fingerprint density at radius 3 is 2.92 bits per heavy atom. The fourth-order valence-electron chi connectivity index (χ4n) is 1.57. The molecule has 2 unspecified atom stereocenters. The standard InChI is InChI=1S/C9H19NO2S/c1-3-9(11)6-10-4-5-13(12)7-8(10)2/h8-9,11H,3-7H2,1-2H3/t8?,9-,13?/m1/s1. The molecule has 1 aliphatic heterocycles. The molecule has 4 heteroatoms. The van der Waals surface area contributed by atoms with Gasteiger partial charge in [0.05, 0.1) is 6.10 Å². The highest BCUT2D eigenvalue weighted by molar-refractivity contribution is 7.85. The van der Waals surface area contributed by atoms with Gasteiger partial charge in [0.2, 0.25) is 0 Å². The van der Waals surface area contributed by atoms with Gasteiger partial charge in [-0.15, -0.1) is 0 Å². The van der Waals surface area contributed by atoms with Gasteiger partial charge < -0.3 is 5.11 Å². The topological polar surface area (TPSA) is 40.5 Å². The van der Waals surface area contributed by atoms with Crippen molar-refractivity contribution >= 4 is 10.8 Å². The molecule has 1 heterocycles. The van der Waals surface area contributed by atoms with Crippen molar-refractivity contribution in [3.8, 4) is 0 Å². The van der Waals surface area contributed by atoms with Gasteiger partial charge >= 0.3 is 0 Å². The number of aliphatic hydroxyl groups excluding tert-OH is 1. The molecule has 1 fully saturated rings. The second-order valence-corrected chi connectivity index (χ2v) is 5.34. The summed E-state index contributed by atoms with van der Waals surface area (Å²) < 4.78 is 11.2. The van der Waals surface area contributed by atoms with E-state index in [1.165, 1.54) is 0 Å². The van der Waals surface area contributed by atoms with E-state index in [-0.39, 0.29) is 6.10 Å². The van der Waals surface area contributed by atoms with Gasteiger partial charge in [-0.3, -0.25) is 9.11 Å². The van der Waals surface area contributed by atoms with E-state index in [1.807, 2.05) is 6.92 Å². The Labute approximate surface area is 82.6 Å². The lowest BCUT2D eigenvalue weighted by Crippen LogP contribution is -2.47. The summed E-state index contributed by atoms with van der Waals surface area (Å²) >= 11 is 0. The van der Waals surface area contributed by atoms with Crippen LogP contribution in [0.5, 0.6) is 0 Å². The number of rotatable bonds is 3. The highest BCUT2D eigenvalue weighted by atomic mass is 32.2. The third-order valence-corrected chi connectivity index (χ3v) is 4.07. The normalized spacial score (nSPS) is 33.2. The van der Waals surface area contributed by atoms with Crippen LogP contribution in [0.2, 0.25) is 0 Å². The number of β-amino-alcohol motifs (C(OH)–C–C–N with tert-alkyl or cyclic N) is 1. The predicted molar refractivity (Wildman–Crippen MR) is 55.2 cm³/mol. The number of nitrogens with zero attached hydrogens (tertiary/aromatic N) is 1. The minimum absolute atomic E-state index is 0.228. The summed E-state index contributed by atoms with van der Waals surface area (Å²) in [6.07, 6.45) is 0.570. The van der Waals surface area contributed by atoms with Crippen LogP contribution in [0.3, 0.4) is 0 Å². The summed E-state index contributed by atoms with van der Waals surface area (Å²) in [5, 5.41) is 9.48. The van der Waals surface area contributed by atoms with Crippen molar-refractivity contribution in [3.63, 3.8) is 0 Å². The summed E-state index contributed by atoms with van der Waals surface area (Å²) in [6, 6.07) is 0.357. The molecular formula is C9H19NO2S. The van der Waals surface area contributed by atoms with Gasteiger partial charge in [-0.25, -0.2) is 0 Å². The Balaban J connectivity index is 2.37. The van der Waals surface area contributed by atoms with Crippen LogP contribution in [0.1, 0.15) is 20.3 Å². The Morgan fingerprint density at radius 2 is 2.38 bits per heavy atom. The van der Waals surface area contributed by atoms with E-state index in [2.05, 4.69) is 11.8 Å². The van der Waals surface area contributed by atoms with Crippen LogP contribution in [-0.4, -0.2) is 51.0 Å². The Hall–Kier alpha value is 0.0700. The maximum absolute atomic E-state index is 11.2. The van der Waals surface area contributed by atoms with E-state index in [9.17, 15) is 9.32 Å². The summed E-state index contributed by atoms with van der Waals surface area (Å²) in [7, 11) is -0.631. The zero-order chi connectivity index (χ0) is 9.84. The summed E-state index contributed by atoms with van der Waals surface area (Å²) in [6.45, 7) is 5.66. The zero-order valence-electron chi connectivity index (χ0n) is 8.40. The largest absolute Gasteiger partial charge is 0.392 e. The number of hydrogen-bond acceptors (Lipinski definition) is 3. The van der Waals surface area contributed by atoms with Crippen LogP contribution >= 0.6 is 0 Å². The lowest BCUT2D eigenvalue weighted by atomic mass is 10.2. The minimum Gasteiger partial charge on any atom is -0.392 e. The molecule has 13 heavy (non-hydrogen) atoms. The molecule has 1 N–H and O–H groups in total. The smallest absolute Gasteiger partial charge is 0.0664 e. The number of aliphatic hydroxyl groups is 1. The molecule has 0 bridgehead atoms. The molecule has 3 nitrogen and oxygen atoms in total.